The summed E-state index contributed by atoms with van der Waals surface area (Å²) in [5, 5.41) is 12.1. The Labute approximate surface area is 104 Å². The van der Waals surface area contributed by atoms with Gasteiger partial charge in [0.25, 0.3) is 0 Å². The van der Waals surface area contributed by atoms with E-state index < -0.39 is 38.9 Å². The predicted octanol–water partition coefficient (Wildman–Crippen LogP) is 0.0955. The average molecular weight is 293 g/mol. The standard InChI is InChI=1S/C8H6F3N5O2S/c9-4-1-5(10)8(6(11)2-4)19(17,18)12-3-7-13-15-16-14-7/h1-2,12H,3H2,(H,13,14,15,16). The number of aromatic amines is 1. The van der Waals surface area contributed by atoms with E-state index in [0.717, 1.165) is 0 Å². The van der Waals surface area contributed by atoms with Crippen molar-refractivity contribution in [3.63, 3.8) is 0 Å². The van der Waals surface area contributed by atoms with Crippen molar-refractivity contribution < 1.29 is 21.6 Å². The molecule has 11 heteroatoms. The zero-order valence-corrected chi connectivity index (χ0v) is 9.88. The fourth-order valence-electron chi connectivity index (χ4n) is 1.27. The first-order valence-corrected chi connectivity index (χ1v) is 6.25. The molecule has 1 heterocycles. The number of hydrogen-bond donors (Lipinski definition) is 2. The SMILES string of the molecule is O=S(=O)(NCc1nn[nH]n1)c1c(F)cc(F)cc1F. The van der Waals surface area contributed by atoms with Crippen molar-refractivity contribution in [1.82, 2.24) is 25.3 Å². The lowest BCUT2D eigenvalue weighted by Gasteiger charge is -2.07. The van der Waals surface area contributed by atoms with Gasteiger partial charge in [-0.25, -0.2) is 26.3 Å². The van der Waals surface area contributed by atoms with Crippen LogP contribution in [0.5, 0.6) is 0 Å². The van der Waals surface area contributed by atoms with Gasteiger partial charge in [0, 0.05) is 12.1 Å². The number of aromatic nitrogens is 4. The van der Waals surface area contributed by atoms with E-state index in [1.54, 1.807) is 0 Å². The zero-order chi connectivity index (χ0) is 14.0. The van der Waals surface area contributed by atoms with Crippen LogP contribution in [0.4, 0.5) is 13.2 Å². The maximum absolute atomic E-state index is 13.3. The molecule has 0 radical (unpaired) electrons. The summed E-state index contributed by atoms with van der Waals surface area (Å²) in [6, 6.07) is 0.540. The third-order valence-electron chi connectivity index (χ3n) is 2.04. The van der Waals surface area contributed by atoms with Crippen molar-refractivity contribution >= 4 is 10.0 Å². The molecule has 0 fully saturated rings. The molecular formula is C8H6F3N5O2S. The molecule has 19 heavy (non-hydrogen) atoms. The van der Waals surface area contributed by atoms with Crippen LogP contribution < -0.4 is 4.72 Å². The Bertz CT molecular complexity index is 665. The van der Waals surface area contributed by atoms with Gasteiger partial charge in [0.05, 0.1) is 6.54 Å². The van der Waals surface area contributed by atoms with E-state index in [1.807, 2.05) is 4.72 Å². The molecule has 0 saturated carbocycles. The molecular weight excluding hydrogens is 287 g/mol. The summed E-state index contributed by atoms with van der Waals surface area (Å²) in [6.07, 6.45) is 0. The van der Waals surface area contributed by atoms with Gasteiger partial charge in [0.2, 0.25) is 10.0 Å². The molecule has 0 amide bonds. The van der Waals surface area contributed by atoms with Gasteiger partial charge in [0.1, 0.15) is 17.5 Å². The quantitative estimate of drug-likeness (QED) is 0.832. The smallest absolute Gasteiger partial charge is 0.207 e. The summed E-state index contributed by atoms with van der Waals surface area (Å²) in [7, 11) is -4.50. The highest BCUT2D eigenvalue weighted by atomic mass is 32.2. The van der Waals surface area contributed by atoms with Crippen LogP contribution in [0.1, 0.15) is 5.82 Å². The van der Waals surface area contributed by atoms with Crippen LogP contribution in [0.3, 0.4) is 0 Å². The summed E-state index contributed by atoms with van der Waals surface area (Å²) in [5.74, 6) is -4.30. The molecule has 1 aromatic carbocycles. The molecule has 0 bridgehead atoms. The number of rotatable bonds is 4. The first kappa shape index (κ1) is 13.4. The highest BCUT2D eigenvalue weighted by Gasteiger charge is 2.25. The first-order valence-electron chi connectivity index (χ1n) is 4.76. The second-order valence-electron chi connectivity index (χ2n) is 3.35. The Morgan fingerprint density at radius 2 is 1.84 bits per heavy atom. The number of nitrogens with zero attached hydrogens (tertiary/aromatic N) is 3. The van der Waals surface area contributed by atoms with Crippen LogP contribution in [-0.4, -0.2) is 29.0 Å². The van der Waals surface area contributed by atoms with E-state index in [0.29, 0.717) is 0 Å². The van der Waals surface area contributed by atoms with Gasteiger partial charge in [0.15, 0.2) is 10.7 Å². The second-order valence-corrected chi connectivity index (χ2v) is 5.05. The molecule has 2 rings (SSSR count). The third kappa shape index (κ3) is 2.88. The minimum atomic E-state index is -4.50. The largest absolute Gasteiger partial charge is 0.246 e. The van der Waals surface area contributed by atoms with Gasteiger partial charge < -0.3 is 0 Å². The number of benzene rings is 1. The number of H-pyrrole nitrogens is 1. The molecule has 0 aliphatic carbocycles. The maximum atomic E-state index is 13.3. The van der Waals surface area contributed by atoms with Crippen molar-refractivity contribution in [1.29, 1.82) is 0 Å². The Morgan fingerprint density at radius 1 is 1.21 bits per heavy atom. The minimum Gasteiger partial charge on any atom is -0.207 e. The number of nitrogens with one attached hydrogen (secondary N) is 2. The van der Waals surface area contributed by atoms with Crippen LogP contribution in [0.25, 0.3) is 0 Å². The van der Waals surface area contributed by atoms with Crippen LogP contribution in [0.2, 0.25) is 0 Å². The van der Waals surface area contributed by atoms with Gasteiger partial charge in [-0.1, -0.05) is 5.21 Å². The van der Waals surface area contributed by atoms with Crippen LogP contribution in [0.15, 0.2) is 17.0 Å². The topological polar surface area (TPSA) is 101 Å². The van der Waals surface area contributed by atoms with Gasteiger partial charge in [-0.05, 0) is 0 Å². The van der Waals surface area contributed by atoms with Crippen molar-refractivity contribution in [3.05, 3.63) is 35.4 Å². The lowest BCUT2D eigenvalue weighted by molar-refractivity contribution is 0.493. The molecule has 102 valence electrons. The molecule has 7 nitrogen and oxygen atoms in total. The predicted molar refractivity (Wildman–Crippen MR) is 54.5 cm³/mol. The number of halogens is 3. The molecule has 0 unspecified atom stereocenters. The molecule has 0 spiro atoms. The normalized spacial score (nSPS) is 11.7. The van der Waals surface area contributed by atoms with Crippen LogP contribution in [-0.2, 0) is 16.6 Å². The summed E-state index contributed by atoms with van der Waals surface area (Å²) >= 11 is 0. The molecule has 0 aliphatic rings. The van der Waals surface area contributed by atoms with Gasteiger partial charge in [-0.2, -0.15) is 5.21 Å². The first-order chi connectivity index (χ1) is 8.90. The molecule has 2 aromatic rings. The van der Waals surface area contributed by atoms with E-state index in [1.165, 1.54) is 0 Å². The fraction of sp³-hybridized carbons (Fsp3) is 0.125. The van der Waals surface area contributed by atoms with Crippen LogP contribution >= 0.6 is 0 Å². The third-order valence-corrected chi connectivity index (χ3v) is 3.49. The Kier molecular flexibility index (Phi) is 3.48. The number of sulfonamides is 1. The van der Waals surface area contributed by atoms with Gasteiger partial charge >= 0.3 is 0 Å². The zero-order valence-electron chi connectivity index (χ0n) is 9.06. The maximum Gasteiger partial charge on any atom is 0.246 e. The van der Waals surface area contributed by atoms with E-state index in [9.17, 15) is 21.6 Å². The Hall–Kier alpha value is -2.01. The monoisotopic (exact) mass is 293 g/mol. The Balaban J connectivity index is 2.29. The molecule has 0 aliphatic heterocycles. The molecule has 2 N–H and O–H groups in total. The number of hydrogen-bond acceptors (Lipinski definition) is 5. The molecule has 1 aromatic heterocycles. The van der Waals surface area contributed by atoms with Crippen LogP contribution in [0, 0.1) is 17.5 Å². The van der Waals surface area contributed by atoms with E-state index in [-0.39, 0.29) is 18.0 Å². The van der Waals surface area contributed by atoms with Crippen molar-refractivity contribution in [2.45, 2.75) is 11.4 Å². The van der Waals surface area contributed by atoms with Gasteiger partial charge in [-0.3, -0.25) is 0 Å². The Morgan fingerprint density at radius 3 is 2.37 bits per heavy atom. The van der Waals surface area contributed by atoms with E-state index in [4.69, 9.17) is 0 Å². The highest BCUT2D eigenvalue weighted by molar-refractivity contribution is 7.89. The van der Waals surface area contributed by atoms with Crippen molar-refractivity contribution in [2.75, 3.05) is 0 Å². The lowest BCUT2D eigenvalue weighted by Crippen LogP contribution is -2.26. The van der Waals surface area contributed by atoms with Crippen molar-refractivity contribution in [2.24, 2.45) is 0 Å². The van der Waals surface area contributed by atoms with Gasteiger partial charge in [-0.15, -0.1) is 10.2 Å². The summed E-state index contributed by atoms with van der Waals surface area (Å²) < 4.78 is 64.6. The second kappa shape index (κ2) is 4.93. The molecule has 0 atom stereocenters. The highest BCUT2D eigenvalue weighted by Crippen LogP contribution is 2.19. The minimum absolute atomic E-state index is 0.0218. The van der Waals surface area contributed by atoms with E-state index in [2.05, 4.69) is 20.6 Å². The van der Waals surface area contributed by atoms with E-state index >= 15 is 0 Å². The fourth-order valence-corrected chi connectivity index (χ4v) is 2.37. The summed E-state index contributed by atoms with van der Waals surface area (Å²) in [6.45, 7) is -0.422. The lowest BCUT2D eigenvalue weighted by atomic mass is 10.3. The summed E-state index contributed by atoms with van der Waals surface area (Å²) in [5.41, 5.74) is 0. The average Bonchev–Trinajstić information content (AvgIpc) is 2.77. The van der Waals surface area contributed by atoms with Crippen molar-refractivity contribution in [3.8, 4) is 0 Å². The molecule has 0 saturated heterocycles. The number of tetrazole rings is 1. The summed E-state index contributed by atoms with van der Waals surface area (Å²) in [4.78, 5) is -1.27.